The van der Waals surface area contributed by atoms with E-state index in [4.69, 9.17) is 11.6 Å². The third-order valence-electron chi connectivity index (χ3n) is 6.73. The highest BCUT2D eigenvalue weighted by molar-refractivity contribution is 7.90. The Morgan fingerprint density at radius 3 is 2.13 bits per heavy atom. The molecule has 0 saturated heterocycles. The van der Waals surface area contributed by atoms with Gasteiger partial charge >= 0.3 is 5.97 Å². The van der Waals surface area contributed by atoms with E-state index in [1.165, 1.54) is 6.26 Å². The van der Waals surface area contributed by atoms with Crippen LogP contribution in [-0.4, -0.2) is 31.7 Å². The van der Waals surface area contributed by atoms with E-state index < -0.39 is 15.8 Å². The van der Waals surface area contributed by atoms with E-state index in [9.17, 15) is 23.1 Å². The standard InChI is InChI=1S/C31H24ClNO5S/c1-18-3-4-19(13-23(18)15-30(34)35)14-27-26-16-25(28(32)17-29(26)33-31(27)36)22-7-5-20(6-8-22)21-9-11-24(12-10-21)39(2,37)38/h3-14,16-17H,15H2,1-2H3,(H,33,36)(H,34,35)/b27-14-. The first kappa shape index (κ1) is 26.4. The summed E-state index contributed by atoms with van der Waals surface area (Å²) in [5.74, 6) is -1.17. The van der Waals surface area contributed by atoms with Crippen molar-refractivity contribution in [2.24, 2.45) is 0 Å². The summed E-state index contributed by atoms with van der Waals surface area (Å²) in [7, 11) is -3.26. The van der Waals surface area contributed by atoms with Crippen LogP contribution in [0.15, 0.2) is 83.8 Å². The van der Waals surface area contributed by atoms with Gasteiger partial charge in [0.25, 0.3) is 5.91 Å². The number of hydrogen-bond acceptors (Lipinski definition) is 4. The molecule has 1 amide bonds. The summed E-state index contributed by atoms with van der Waals surface area (Å²) < 4.78 is 23.5. The van der Waals surface area contributed by atoms with Crippen LogP contribution in [0.3, 0.4) is 0 Å². The first-order chi connectivity index (χ1) is 18.5. The van der Waals surface area contributed by atoms with E-state index in [1.807, 2.05) is 49.4 Å². The number of sulfone groups is 1. The van der Waals surface area contributed by atoms with E-state index in [0.29, 0.717) is 27.4 Å². The van der Waals surface area contributed by atoms with Crippen LogP contribution >= 0.6 is 11.6 Å². The highest BCUT2D eigenvalue weighted by Gasteiger charge is 2.26. The van der Waals surface area contributed by atoms with E-state index in [2.05, 4.69) is 5.32 Å². The second-order valence-electron chi connectivity index (χ2n) is 9.52. The Labute approximate surface area is 231 Å². The Kier molecular flexibility index (Phi) is 6.89. The van der Waals surface area contributed by atoms with Gasteiger partial charge in [-0.05, 0) is 70.6 Å². The Hall–Kier alpha value is -4.20. The summed E-state index contributed by atoms with van der Waals surface area (Å²) in [6.45, 7) is 1.86. The fraction of sp³-hybridized carbons (Fsp3) is 0.0968. The van der Waals surface area contributed by atoms with Crippen molar-refractivity contribution >= 4 is 50.7 Å². The summed E-state index contributed by atoms with van der Waals surface area (Å²) in [4.78, 5) is 24.4. The van der Waals surface area contributed by atoms with Gasteiger partial charge in [-0.2, -0.15) is 0 Å². The van der Waals surface area contributed by atoms with Crippen LogP contribution in [0.5, 0.6) is 0 Å². The third-order valence-corrected chi connectivity index (χ3v) is 8.17. The molecule has 4 aromatic rings. The molecular formula is C31H24ClNO5S. The summed E-state index contributed by atoms with van der Waals surface area (Å²) in [5, 5.41) is 12.6. The zero-order valence-corrected chi connectivity index (χ0v) is 22.7. The lowest BCUT2D eigenvalue weighted by atomic mass is 9.95. The van der Waals surface area contributed by atoms with Crippen LogP contribution in [0, 0.1) is 6.92 Å². The van der Waals surface area contributed by atoms with Crippen LogP contribution in [-0.2, 0) is 25.8 Å². The number of benzene rings is 4. The van der Waals surface area contributed by atoms with E-state index in [0.717, 1.165) is 33.4 Å². The molecule has 39 heavy (non-hydrogen) atoms. The quantitative estimate of drug-likeness (QED) is 0.263. The molecule has 4 aromatic carbocycles. The molecule has 6 nitrogen and oxygen atoms in total. The number of aryl methyl sites for hydroxylation is 1. The van der Waals surface area contributed by atoms with E-state index in [1.54, 1.807) is 42.5 Å². The molecule has 1 heterocycles. The number of hydrogen-bond donors (Lipinski definition) is 2. The number of carboxylic acid groups (broad SMARTS) is 1. The van der Waals surface area contributed by atoms with Crippen molar-refractivity contribution in [3.8, 4) is 22.3 Å². The maximum atomic E-state index is 12.9. The number of anilines is 1. The molecule has 0 aromatic heterocycles. The Balaban J connectivity index is 1.48. The van der Waals surface area contributed by atoms with E-state index >= 15 is 0 Å². The number of carboxylic acids is 1. The highest BCUT2D eigenvalue weighted by atomic mass is 35.5. The lowest BCUT2D eigenvalue weighted by molar-refractivity contribution is -0.136. The number of fused-ring (bicyclic) bond motifs is 1. The largest absolute Gasteiger partial charge is 0.481 e. The number of carbonyl (C=O) groups excluding carboxylic acids is 1. The number of carbonyl (C=O) groups is 2. The predicted octanol–water partition coefficient (Wildman–Crippen LogP) is 6.51. The van der Waals surface area contributed by atoms with Gasteiger partial charge in [0.05, 0.1) is 22.0 Å². The lowest BCUT2D eigenvalue weighted by Crippen LogP contribution is -2.04. The zero-order chi connectivity index (χ0) is 27.9. The molecule has 5 rings (SSSR count). The molecule has 1 aliphatic rings. The number of amides is 1. The molecule has 0 aliphatic carbocycles. The summed E-state index contributed by atoms with van der Waals surface area (Å²) in [6.07, 6.45) is 2.84. The fourth-order valence-corrected chi connectivity index (χ4v) is 5.52. The maximum absolute atomic E-state index is 12.9. The smallest absolute Gasteiger partial charge is 0.307 e. The van der Waals surface area contributed by atoms with Crippen molar-refractivity contribution in [1.82, 2.24) is 0 Å². The fourth-order valence-electron chi connectivity index (χ4n) is 4.61. The van der Waals surface area contributed by atoms with Gasteiger partial charge in [-0.3, -0.25) is 9.59 Å². The van der Waals surface area contributed by atoms with Gasteiger partial charge in [-0.25, -0.2) is 8.42 Å². The van der Waals surface area contributed by atoms with Crippen LogP contribution in [0.1, 0.15) is 22.3 Å². The second kappa shape index (κ2) is 10.2. The number of aliphatic carboxylic acids is 1. The molecule has 0 atom stereocenters. The van der Waals surface area contributed by atoms with Gasteiger partial charge < -0.3 is 10.4 Å². The van der Waals surface area contributed by atoms with Crippen molar-refractivity contribution < 1.29 is 23.1 Å². The van der Waals surface area contributed by atoms with Crippen molar-refractivity contribution in [1.29, 1.82) is 0 Å². The van der Waals surface area contributed by atoms with Gasteiger partial charge in [0, 0.05) is 23.0 Å². The predicted molar refractivity (Wildman–Crippen MR) is 154 cm³/mol. The SMILES string of the molecule is Cc1ccc(/C=C2\C(=O)Nc3cc(Cl)c(-c4ccc(-c5ccc(S(C)(=O)=O)cc5)cc4)cc32)cc1CC(=O)O. The zero-order valence-electron chi connectivity index (χ0n) is 21.2. The maximum Gasteiger partial charge on any atom is 0.307 e. The molecule has 0 saturated carbocycles. The number of nitrogens with one attached hydrogen (secondary N) is 1. The van der Waals surface area contributed by atoms with Gasteiger partial charge in [-0.1, -0.05) is 66.2 Å². The molecule has 0 radical (unpaired) electrons. The van der Waals surface area contributed by atoms with Crippen LogP contribution < -0.4 is 5.32 Å². The molecule has 1 aliphatic heterocycles. The summed E-state index contributed by atoms with van der Waals surface area (Å²) in [6, 6.07) is 23.6. The average Bonchev–Trinajstić information content (AvgIpc) is 3.18. The monoisotopic (exact) mass is 557 g/mol. The topological polar surface area (TPSA) is 101 Å². The van der Waals surface area contributed by atoms with Crippen molar-refractivity contribution in [2.45, 2.75) is 18.2 Å². The van der Waals surface area contributed by atoms with Crippen LogP contribution in [0.25, 0.3) is 33.9 Å². The van der Waals surface area contributed by atoms with Crippen molar-refractivity contribution in [3.63, 3.8) is 0 Å². The average molecular weight is 558 g/mol. The normalized spacial score (nSPS) is 13.8. The first-order valence-electron chi connectivity index (χ1n) is 12.1. The third kappa shape index (κ3) is 5.50. The molecule has 196 valence electrons. The van der Waals surface area contributed by atoms with Crippen LogP contribution in [0.4, 0.5) is 5.69 Å². The van der Waals surface area contributed by atoms with Gasteiger partial charge in [0.15, 0.2) is 9.84 Å². The van der Waals surface area contributed by atoms with Crippen LogP contribution in [0.2, 0.25) is 5.02 Å². The Bertz CT molecular complexity index is 1770. The minimum Gasteiger partial charge on any atom is -0.481 e. The Morgan fingerprint density at radius 2 is 1.51 bits per heavy atom. The molecule has 0 spiro atoms. The summed E-state index contributed by atoms with van der Waals surface area (Å²) in [5.41, 5.74) is 7.51. The van der Waals surface area contributed by atoms with Crippen molar-refractivity contribution in [2.75, 3.05) is 11.6 Å². The van der Waals surface area contributed by atoms with E-state index in [-0.39, 0.29) is 17.2 Å². The Morgan fingerprint density at radius 1 is 0.897 bits per heavy atom. The molecule has 0 fully saturated rings. The molecule has 8 heteroatoms. The minimum atomic E-state index is -3.26. The minimum absolute atomic E-state index is 0.0940. The number of rotatable bonds is 6. The second-order valence-corrected chi connectivity index (χ2v) is 11.9. The number of halogens is 1. The van der Waals surface area contributed by atoms with Gasteiger partial charge in [0.2, 0.25) is 0 Å². The van der Waals surface area contributed by atoms with Gasteiger partial charge in [-0.15, -0.1) is 0 Å². The summed E-state index contributed by atoms with van der Waals surface area (Å²) >= 11 is 6.62. The molecule has 0 bridgehead atoms. The highest BCUT2D eigenvalue weighted by Crippen LogP contribution is 2.41. The first-order valence-corrected chi connectivity index (χ1v) is 14.4. The van der Waals surface area contributed by atoms with Gasteiger partial charge in [0.1, 0.15) is 0 Å². The molecule has 2 N–H and O–H groups in total. The van der Waals surface area contributed by atoms with Crippen molar-refractivity contribution in [3.05, 3.63) is 106 Å². The molecule has 0 unspecified atom stereocenters. The molecular weight excluding hydrogens is 534 g/mol. The lowest BCUT2D eigenvalue weighted by Gasteiger charge is -2.10.